The maximum absolute atomic E-state index is 13.3. The summed E-state index contributed by atoms with van der Waals surface area (Å²) in [6.45, 7) is 5.81. The number of carbonyl (C=O) groups excluding carboxylic acids is 1. The normalized spacial score (nSPS) is 11.0. The number of hydrogen-bond acceptors (Lipinski definition) is 5. The third kappa shape index (κ3) is 4.09. The van der Waals surface area contributed by atoms with Gasteiger partial charge in [0.1, 0.15) is 17.1 Å². The first kappa shape index (κ1) is 20.8. The first-order valence-corrected chi connectivity index (χ1v) is 10.7. The van der Waals surface area contributed by atoms with Gasteiger partial charge in [0.05, 0.1) is 24.5 Å². The van der Waals surface area contributed by atoms with Crippen molar-refractivity contribution in [2.45, 2.75) is 27.3 Å². The third-order valence-electron chi connectivity index (χ3n) is 5.14. The van der Waals surface area contributed by atoms with E-state index in [1.54, 1.807) is 13.2 Å². The summed E-state index contributed by atoms with van der Waals surface area (Å²) in [5.41, 5.74) is 4.35. The van der Waals surface area contributed by atoms with E-state index >= 15 is 0 Å². The number of methoxy groups -OCH3 is 1. The Morgan fingerprint density at radius 1 is 1.10 bits per heavy atom. The molecule has 0 saturated carbocycles. The molecule has 2 aromatic carbocycles. The summed E-state index contributed by atoms with van der Waals surface area (Å²) < 4.78 is 6.67. The zero-order chi connectivity index (χ0) is 22.1. The average Bonchev–Trinajstić information content (AvgIpc) is 3.07. The summed E-state index contributed by atoms with van der Waals surface area (Å²) in [7, 11) is 1.55. The van der Waals surface area contributed by atoms with Crippen LogP contribution in [0.1, 0.15) is 16.0 Å². The quantitative estimate of drug-likeness (QED) is 0.495. The zero-order valence-electron chi connectivity index (χ0n) is 17.9. The number of aromatic nitrogens is 2. The van der Waals surface area contributed by atoms with Gasteiger partial charge in [-0.3, -0.25) is 14.2 Å². The monoisotopic (exact) mass is 433 g/mol. The van der Waals surface area contributed by atoms with E-state index in [0.29, 0.717) is 21.7 Å². The number of rotatable bonds is 5. The van der Waals surface area contributed by atoms with Crippen LogP contribution in [0.4, 0.5) is 5.69 Å². The first-order valence-electron chi connectivity index (χ1n) is 9.87. The van der Waals surface area contributed by atoms with Gasteiger partial charge in [0.15, 0.2) is 0 Å². The lowest BCUT2D eigenvalue weighted by atomic mass is 10.0. The van der Waals surface area contributed by atoms with Crippen LogP contribution in [0.3, 0.4) is 0 Å². The van der Waals surface area contributed by atoms with Crippen molar-refractivity contribution in [1.82, 2.24) is 9.55 Å². The van der Waals surface area contributed by atoms with Crippen molar-refractivity contribution in [3.63, 3.8) is 0 Å². The molecular formula is C24H23N3O3S. The third-order valence-corrected chi connectivity index (χ3v) is 6.15. The van der Waals surface area contributed by atoms with E-state index in [1.807, 2.05) is 57.2 Å². The fraction of sp³-hybridized carbons (Fsp3) is 0.208. The van der Waals surface area contributed by atoms with Crippen molar-refractivity contribution < 1.29 is 9.53 Å². The smallest absolute Gasteiger partial charge is 0.263 e. The van der Waals surface area contributed by atoms with Gasteiger partial charge in [-0.2, -0.15) is 0 Å². The number of benzene rings is 2. The molecule has 0 radical (unpaired) electrons. The summed E-state index contributed by atoms with van der Waals surface area (Å²) in [4.78, 5) is 32.1. The predicted molar refractivity (Wildman–Crippen MR) is 125 cm³/mol. The van der Waals surface area contributed by atoms with E-state index < -0.39 is 0 Å². The Balaban J connectivity index is 1.69. The highest BCUT2D eigenvalue weighted by Gasteiger charge is 2.18. The molecule has 0 unspecified atom stereocenters. The van der Waals surface area contributed by atoms with E-state index in [1.165, 1.54) is 22.2 Å². The highest BCUT2D eigenvalue weighted by molar-refractivity contribution is 7.19. The van der Waals surface area contributed by atoms with Crippen LogP contribution in [0.15, 0.2) is 53.6 Å². The van der Waals surface area contributed by atoms with Crippen LogP contribution in [0.2, 0.25) is 0 Å². The number of aryl methyl sites for hydroxylation is 3. The lowest BCUT2D eigenvalue weighted by molar-refractivity contribution is -0.116. The molecule has 7 heteroatoms. The molecule has 6 nitrogen and oxygen atoms in total. The standard InChI is InChI=1S/C24H23N3O3S/c1-14-5-8-17(9-6-14)21-16(3)31-23-22(21)24(29)27(13-25-23)12-20(28)26-18-11-15(2)7-10-19(18)30-4/h5-11,13H,12H2,1-4H3,(H,26,28). The van der Waals surface area contributed by atoms with Crippen molar-refractivity contribution in [2.24, 2.45) is 0 Å². The number of thiophene rings is 1. The maximum atomic E-state index is 13.3. The van der Waals surface area contributed by atoms with Crippen molar-refractivity contribution in [2.75, 3.05) is 12.4 Å². The molecule has 0 bridgehead atoms. The maximum Gasteiger partial charge on any atom is 0.263 e. The second-order valence-electron chi connectivity index (χ2n) is 7.51. The lowest BCUT2D eigenvalue weighted by Crippen LogP contribution is -2.28. The molecular weight excluding hydrogens is 410 g/mol. The van der Waals surface area contributed by atoms with Gasteiger partial charge in [-0.25, -0.2) is 4.98 Å². The largest absolute Gasteiger partial charge is 0.495 e. The summed E-state index contributed by atoms with van der Waals surface area (Å²) in [5.74, 6) is 0.242. The van der Waals surface area contributed by atoms with Crippen LogP contribution in [-0.4, -0.2) is 22.6 Å². The van der Waals surface area contributed by atoms with Gasteiger partial charge < -0.3 is 10.1 Å². The molecule has 0 saturated heterocycles. The Bertz CT molecular complexity index is 1340. The number of amides is 1. The average molecular weight is 434 g/mol. The van der Waals surface area contributed by atoms with Gasteiger partial charge in [-0.15, -0.1) is 11.3 Å². The van der Waals surface area contributed by atoms with E-state index in [9.17, 15) is 9.59 Å². The summed E-state index contributed by atoms with van der Waals surface area (Å²) in [6, 6.07) is 13.6. The van der Waals surface area contributed by atoms with Crippen LogP contribution in [0.5, 0.6) is 5.75 Å². The van der Waals surface area contributed by atoms with E-state index in [2.05, 4.69) is 10.3 Å². The number of hydrogen-bond donors (Lipinski definition) is 1. The molecule has 0 aliphatic carbocycles. The second-order valence-corrected chi connectivity index (χ2v) is 8.71. The minimum absolute atomic E-state index is 0.138. The molecule has 0 aliphatic heterocycles. The Kier molecular flexibility index (Phi) is 5.61. The highest BCUT2D eigenvalue weighted by atomic mass is 32.1. The predicted octanol–water partition coefficient (Wildman–Crippen LogP) is 4.70. The van der Waals surface area contributed by atoms with Gasteiger partial charge in [-0.1, -0.05) is 35.9 Å². The molecule has 4 rings (SSSR count). The number of carbonyl (C=O) groups is 1. The Labute approximate surface area is 184 Å². The zero-order valence-corrected chi connectivity index (χ0v) is 18.7. The number of anilines is 1. The Hall–Kier alpha value is -3.45. The molecule has 158 valence electrons. The molecule has 2 heterocycles. The SMILES string of the molecule is COc1ccc(C)cc1NC(=O)Cn1cnc2sc(C)c(-c3ccc(C)cc3)c2c1=O. The minimum Gasteiger partial charge on any atom is -0.495 e. The molecule has 31 heavy (non-hydrogen) atoms. The van der Waals surface area contributed by atoms with E-state index in [0.717, 1.165) is 27.1 Å². The summed E-state index contributed by atoms with van der Waals surface area (Å²) in [6.07, 6.45) is 1.44. The lowest BCUT2D eigenvalue weighted by Gasteiger charge is -2.12. The fourth-order valence-corrected chi connectivity index (χ4v) is 4.59. The van der Waals surface area contributed by atoms with Crippen molar-refractivity contribution in [3.8, 4) is 16.9 Å². The summed E-state index contributed by atoms with van der Waals surface area (Å²) in [5, 5.41) is 3.39. The van der Waals surface area contributed by atoms with Crippen molar-refractivity contribution in [3.05, 3.63) is 75.1 Å². The fourth-order valence-electron chi connectivity index (χ4n) is 3.58. The Morgan fingerprint density at radius 3 is 2.52 bits per heavy atom. The van der Waals surface area contributed by atoms with Gasteiger partial charge in [0, 0.05) is 10.4 Å². The molecule has 0 aliphatic rings. The molecule has 0 spiro atoms. The molecule has 1 amide bonds. The van der Waals surface area contributed by atoms with Crippen molar-refractivity contribution >= 4 is 33.1 Å². The molecule has 0 fully saturated rings. The number of ether oxygens (including phenoxy) is 1. The molecule has 1 N–H and O–H groups in total. The minimum atomic E-state index is -0.323. The van der Waals surface area contributed by atoms with Crippen molar-refractivity contribution in [1.29, 1.82) is 0 Å². The van der Waals surface area contributed by atoms with Crippen LogP contribution >= 0.6 is 11.3 Å². The first-order chi connectivity index (χ1) is 14.9. The number of fused-ring (bicyclic) bond motifs is 1. The Morgan fingerprint density at radius 2 is 1.81 bits per heavy atom. The van der Waals surface area contributed by atoms with Crippen LogP contribution in [0, 0.1) is 20.8 Å². The number of nitrogens with one attached hydrogen (secondary N) is 1. The van der Waals surface area contributed by atoms with Crippen LogP contribution in [-0.2, 0) is 11.3 Å². The molecule has 0 atom stereocenters. The van der Waals surface area contributed by atoms with Gasteiger partial charge >= 0.3 is 0 Å². The van der Waals surface area contributed by atoms with Crippen LogP contribution in [0.25, 0.3) is 21.3 Å². The second kappa shape index (κ2) is 8.35. The van der Waals surface area contributed by atoms with Gasteiger partial charge in [0.25, 0.3) is 5.56 Å². The number of nitrogens with zero attached hydrogens (tertiary/aromatic N) is 2. The van der Waals surface area contributed by atoms with Gasteiger partial charge in [-0.05, 0) is 44.0 Å². The summed E-state index contributed by atoms with van der Waals surface area (Å²) >= 11 is 1.49. The van der Waals surface area contributed by atoms with E-state index in [4.69, 9.17) is 4.74 Å². The van der Waals surface area contributed by atoms with E-state index in [-0.39, 0.29) is 18.0 Å². The van der Waals surface area contributed by atoms with Crippen LogP contribution < -0.4 is 15.6 Å². The molecule has 2 aromatic heterocycles. The topological polar surface area (TPSA) is 73.2 Å². The van der Waals surface area contributed by atoms with Gasteiger partial charge in [0.2, 0.25) is 5.91 Å². The highest BCUT2D eigenvalue weighted by Crippen LogP contribution is 2.35. The molecule has 4 aromatic rings.